The predicted octanol–water partition coefficient (Wildman–Crippen LogP) is 3.67. The second-order valence-electron chi connectivity index (χ2n) is 5.90. The van der Waals surface area contributed by atoms with Gasteiger partial charge in [0.1, 0.15) is 5.82 Å². The fraction of sp³-hybridized carbons (Fsp3) is 0.467. The highest BCUT2D eigenvalue weighted by Crippen LogP contribution is 2.24. The minimum absolute atomic E-state index is 0.168. The molecule has 0 saturated heterocycles. The number of hydrogen-bond donors (Lipinski definition) is 3. The van der Waals surface area contributed by atoms with Crippen molar-refractivity contribution in [2.75, 3.05) is 0 Å². The molecule has 1 aliphatic carbocycles. The first-order valence-corrected chi connectivity index (χ1v) is 7.66. The number of amides is 1. The smallest absolute Gasteiger partial charge is 0.253 e. The Kier molecular flexibility index (Phi) is 3.80. The molecule has 2 aromatic rings. The van der Waals surface area contributed by atoms with Crippen LogP contribution in [0.1, 0.15) is 43.0 Å². The summed E-state index contributed by atoms with van der Waals surface area (Å²) >= 11 is 5.01. The number of imidazole rings is 1. The molecule has 6 heteroatoms. The van der Waals surface area contributed by atoms with Gasteiger partial charge in [0.15, 0.2) is 4.77 Å². The number of aromatic amines is 2. The van der Waals surface area contributed by atoms with Gasteiger partial charge in [0.25, 0.3) is 5.91 Å². The summed E-state index contributed by atoms with van der Waals surface area (Å²) in [6.07, 6.45) is 4.30. The van der Waals surface area contributed by atoms with Crippen molar-refractivity contribution in [3.63, 3.8) is 0 Å². The summed E-state index contributed by atoms with van der Waals surface area (Å²) in [4.78, 5) is 18.2. The van der Waals surface area contributed by atoms with Crippen LogP contribution in [0, 0.1) is 16.5 Å². The van der Waals surface area contributed by atoms with Crippen molar-refractivity contribution in [2.45, 2.75) is 38.6 Å². The van der Waals surface area contributed by atoms with Gasteiger partial charge in [-0.15, -0.1) is 0 Å². The van der Waals surface area contributed by atoms with Crippen LogP contribution in [0.4, 0.5) is 4.39 Å². The van der Waals surface area contributed by atoms with Crippen LogP contribution >= 0.6 is 12.2 Å². The third-order valence-electron chi connectivity index (χ3n) is 4.11. The maximum Gasteiger partial charge on any atom is 0.253 e. The molecule has 1 fully saturated rings. The maximum atomic E-state index is 13.7. The van der Waals surface area contributed by atoms with Gasteiger partial charge >= 0.3 is 0 Å². The van der Waals surface area contributed by atoms with E-state index in [0.29, 0.717) is 27.3 Å². The molecule has 112 valence electrons. The van der Waals surface area contributed by atoms with Gasteiger partial charge in [-0.1, -0.05) is 19.8 Å². The van der Waals surface area contributed by atoms with Gasteiger partial charge in [-0.3, -0.25) is 4.79 Å². The number of hydrogen-bond acceptors (Lipinski definition) is 2. The molecule has 2 unspecified atom stereocenters. The lowest BCUT2D eigenvalue weighted by molar-refractivity contribution is 0.0922. The molecule has 1 heterocycles. The number of carbonyl (C=O) groups is 1. The minimum atomic E-state index is -0.449. The van der Waals surface area contributed by atoms with Gasteiger partial charge in [-0.25, -0.2) is 4.39 Å². The van der Waals surface area contributed by atoms with Gasteiger partial charge < -0.3 is 15.3 Å². The fourth-order valence-corrected chi connectivity index (χ4v) is 3.33. The summed E-state index contributed by atoms with van der Waals surface area (Å²) < 4.78 is 14.0. The molecule has 0 bridgehead atoms. The standard InChI is InChI=1S/C15H18FN3OS/c1-8-3-2-4-10(5-8)17-14(20)11-6-9(16)7-12-13(11)19-15(21)18-12/h6-8,10H,2-5H2,1H3,(H,17,20)(H2,18,19,21). The Morgan fingerprint density at radius 3 is 2.95 bits per heavy atom. The van der Waals surface area contributed by atoms with Gasteiger partial charge in [0.05, 0.1) is 16.6 Å². The van der Waals surface area contributed by atoms with Crippen molar-refractivity contribution >= 4 is 29.2 Å². The Bertz CT molecular complexity index is 736. The van der Waals surface area contributed by atoms with E-state index in [4.69, 9.17) is 12.2 Å². The van der Waals surface area contributed by atoms with E-state index in [2.05, 4.69) is 22.2 Å². The molecule has 0 aliphatic heterocycles. The van der Waals surface area contributed by atoms with E-state index in [9.17, 15) is 9.18 Å². The van der Waals surface area contributed by atoms with E-state index in [0.717, 1.165) is 19.3 Å². The van der Waals surface area contributed by atoms with Crippen LogP contribution in [0.15, 0.2) is 12.1 Å². The molecule has 3 rings (SSSR count). The zero-order valence-electron chi connectivity index (χ0n) is 11.8. The lowest BCUT2D eigenvalue weighted by atomic mass is 9.87. The molecule has 1 amide bonds. The average molecular weight is 307 g/mol. The molecule has 1 aliphatic rings. The zero-order valence-corrected chi connectivity index (χ0v) is 12.6. The Hall–Kier alpha value is -1.69. The summed E-state index contributed by atoms with van der Waals surface area (Å²) in [5.41, 5.74) is 1.38. The van der Waals surface area contributed by atoms with E-state index < -0.39 is 5.82 Å². The number of fused-ring (bicyclic) bond motifs is 1. The van der Waals surface area contributed by atoms with E-state index in [1.165, 1.54) is 18.6 Å². The number of benzene rings is 1. The lowest BCUT2D eigenvalue weighted by Crippen LogP contribution is -2.38. The summed E-state index contributed by atoms with van der Waals surface area (Å²) in [6, 6.07) is 2.76. The SMILES string of the molecule is CC1CCCC(NC(=O)c2cc(F)cc3[nH]c(=S)[nH]c23)C1. The maximum absolute atomic E-state index is 13.7. The first kappa shape index (κ1) is 14.3. The summed E-state index contributed by atoms with van der Waals surface area (Å²) in [7, 11) is 0. The molecule has 0 spiro atoms. The van der Waals surface area contributed by atoms with Gasteiger partial charge in [-0.05, 0) is 43.1 Å². The normalized spacial score (nSPS) is 22.4. The first-order chi connectivity index (χ1) is 10.0. The number of nitrogens with one attached hydrogen (secondary N) is 3. The van der Waals surface area contributed by atoms with Gasteiger partial charge in [-0.2, -0.15) is 0 Å². The van der Waals surface area contributed by atoms with E-state index in [-0.39, 0.29) is 11.9 Å². The van der Waals surface area contributed by atoms with Crippen LogP contribution < -0.4 is 5.32 Å². The molecule has 3 N–H and O–H groups in total. The van der Waals surface area contributed by atoms with Crippen molar-refractivity contribution in [3.05, 3.63) is 28.3 Å². The number of carbonyl (C=O) groups excluding carboxylic acids is 1. The number of aromatic nitrogens is 2. The van der Waals surface area contributed by atoms with Crippen molar-refractivity contribution in [2.24, 2.45) is 5.92 Å². The summed E-state index contributed by atoms with van der Waals surface area (Å²) in [5.74, 6) is -0.0755. The monoisotopic (exact) mass is 307 g/mol. The third-order valence-corrected chi connectivity index (χ3v) is 4.31. The van der Waals surface area contributed by atoms with E-state index >= 15 is 0 Å². The predicted molar refractivity (Wildman–Crippen MR) is 82.3 cm³/mol. The van der Waals surface area contributed by atoms with Crippen LogP contribution in [0.3, 0.4) is 0 Å². The number of H-pyrrole nitrogens is 2. The molecule has 4 nitrogen and oxygen atoms in total. The second-order valence-corrected chi connectivity index (χ2v) is 6.31. The van der Waals surface area contributed by atoms with Crippen molar-refractivity contribution in [3.8, 4) is 0 Å². The summed E-state index contributed by atoms with van der Waals surface area (Å²) in [6.45, 7) is 2.20. The van der Waals surface area contributed by atoms with E-state index in [1.54, 1.807) is 0 Å². The van der Waals surface area contributed by atoms with Crippen molar-refractivity contribution in [1.29, 1.82) is 0 Å². The largest absolute Gasteiger partial charge is 0.349 e. The third kappa shape index (κ3) is 3.00. The van der Waals surface area contributed by atoms with Crippen LogP contribution in [-0.4, -0.2) is 21.9 Å². The fourth-order valence-electron chi connectivity index (χ4n) is 3.11. The molecule has 0 radical (unpaired) electrons. The zero-order chi connectivity index (χ0) is 15.0. The van der Waals surface area contributed by atoms with Crippen molar-refractivity contribution in [1.82, 2.24) is 15.3 Å². The highest BCUT2D eigenvalue weighted by molar-refractivity contribution is 7.71. The highest BCUT2D eigenvalue weighted by atomic mass is 32.1. The average Bonchev–Trinajstić information content (AvgIpc) is 2.77. The van der Waals surface area contributed by atoms with Crippen LogP contribution in [0.2, 0.25) is 0 Å². The minimum Gasteiger partial charge on any atom is -0.349 e. The second kappa shape index (κ2) is 5.60. The molecular formula is C15H18FN3OS. The van der Waals surface area contributed by atoms with Crippen LogP contribution in [0.5, 0.6) is 0 Å². The molecule has 1 aromatic heterocycles. The number of rotatable bonds is 2. The lowest BCUT2D eigenvalue weighted by Gasteiger charge is -2.27. The Balaban J connectivity index is 1.88. The van der Waals surface area contributed by atoms with E-state index in [1.807, 2.05) is 0 Å². The Morgan fingerprint density at radius 1 is 1.38 bits per heavy atom. The number of halogens is 1. The molecule has 1 aromatic carbocycles. The quantitative estimate of drug-likeness (QED) is 0.741. The Labute approximate surface area is 127 Å². The highest BCUT2D eigenvalue weighted by Gasteiger charge is 2.22. The topological polar surface area (TPSA) is 60.7 Å². The Morgan fingerprint density at radius 2 is 2.19 bits per heavy atom. The van der Waals surface area contributed by atoms with Gasteiger partial charge in [0, 0.05) is 6.04 Å². The first-order valence-electron chi connectivity index (χ1n) is 7.25. The summed E-state index contributed by atoms with van der Waals surface area (Å²) in [5, 5.41) is 3.02. The van der Waals surface area contributed by atoms with Crippen LogP contribution in [0.25, 0.3) is 11.0 Å². The molecule has 1 saturated carbocycles. The molecule has 21 heavy (non-hydrogen) atoms. The van der Waals surface area contributed by atoms with Gasteiger partial charge in [0.2, 0.25) is 0 Å². The molecular weight excluding hydrogens is 289 g/mol. The van der Waals surface area contributed by atoms with Crippen LogP contribution in [-0.2, 0) is 0 Å². The van der Waals surface area contributed by atoms with Crippen molar-refractivity contribution < 1.29 is 9.18 Å². The molecule has 2 atom stereocenters.